The van der Waals surface area contributed by atoms with E-state index in [-0.39, 0.29) is 12.6 Å². The van der Waals surface area contributed by atoms with Gasteiger partial charge in [0.25, 0.3) is 0 Å². The molecule has 2 rings (SSSR count). The number of hydrogen-bond donors (Lipinski definition) is 2. The third kappa shape index (κ3) is 6.14. The second-order valence-electron chi connectivity index (χ2n) is 5.90. The summed E-state index contributed by atoms with van der Waals surface area (Å²) >= 11 is 0. The first kappa shape index (κ1) is 18.8. The van der Waals surface area contributed by atoms with Crippen molar-refractivity contribution in [3.63, 3.8) is 0 Å². The number of halogens is 3. The monoisotopic (exact) mass is 350 g/mol. The lowest BCUT2D eigenvalue weighted by Gasteiger charge is -2.13. The van der Waals surface area contributed by atoms with Gasteiger partial charge in [0.1, 0.15) is 0 Å². The van der Waals surface area contributed by atoms with Crippen molar-refractivity contribution in [2.24, 2.45) is 0 Å². The molecule has 0 spiro atoms. The second-order valence-corrected chi connectivity index (χ2v) is 5.90. The Morgan fingerprint density at radius 1 is 1.00 bits per heavy atom. The van der Waals surface area contributed by atoms with E-state index < -0.39 is 11.7 Å². The van der Waals surface area contributed by atoms with Crippen molar-refractivity contribution in [1.29, 1.82) is 0 Å². The minimum atomic E-state index is -4.35. The summed E-state index contributed by atoms with van der Waals surface area (Å²) in [6.45, 7) is 2.80. The van der Waals surface area contributed by atoms with E-state index in [0.717, 1.165) is 18.6 Å². The van der Waals surface area contributed by atoms with E-state index in [0.29, 0.717) is 18.0 Å². The molecule has 0 aliphatic carbocycles. The van der Waals surface area contributed by atoms with Crippen molar-refractivity contribution >= 4 is 6.03 Å². The number of alkyl halides is 3. The van der Waals surface area contributed by atoms with Crippen LogP contribution in [0.1, 0.15) is 36.0 Å². The van der Waals surface area contributed by atoms with Crippen LogP contribution in [0, 0.1) is 0 Å². The third-order valence-corrected chi connectivity index (χ3v) is 3.97. The maximum Gasteiger partial charge on any atom is 0.416 e. The van der Waals surface area contributed by atoms with Gasteiger partial charge in [-0.3, -0.25) is 0 Å². The van der Waals surface area contributed by atoms with Gasteiger partial charge in [-0.25, -0.2) is 4.79 Å². The first-order chi connectivity index (χ1) is 11.9. The first-order valence-corrected chi connectivity index (χ1v) is 8.09. The topological polar surface area (TPSA) is 41.1 Å². The molecule has 0 heterocycles. The van der Waals surface area contributed by atoms with Crippen LogP contribution in [0.5, 0.6) is 0 Å². The van der Waals surface area contributed by atoms with E-state index >= 15 is 0 Å². The molecule has 2 N–H and O–H groups in total. The molecule has 0 aliphatic heterocycles. The quantitative estimate of drug-likeness (QED) is 0.779. The van der Waals surface area contributed by atoms with Crippen LogP contribution in [-0.2, 0) is 12.7 Å². The molecule has 1 atom stereocenters. The molecule has 0 radical (unpaired) electrons. The SMILES string of the molecule is CC(CCNC(=O)NCc1ccc(C(F)(F)F)cc1)c1ccccc1. The molecule has 0 fully saturated rings. The van der Waals surface area contributed by atoms with Gasteiger partial charge in [0.2, 0.25) is 0 Å². The Balaban J connectivity index is 1.70. The van der Waals surface area contributed by atoms with Crippen LogP contribution in [0.25, 0.3) is 0 Å². The predicted octanol–water partition coefficient (Wildman–Crippen LogP) is 4.70. The van der Waals surface area contributed by atoms with Crippen molar-refractivity contribution in [1.82, 2.24) is 10.6 Å². The third-order valence-electron chi connectivity index (χ3n) is 3.97. The summed E-state index contributed by atoms with van der Waals surface area (Å²) in [5, 5.41) is 5.40. The van der Waals surface area contributed by atoms with Gasteiger partial charge >= 0.3 is 12.2 Å². The molecule has 25 heavy (non-hydrogen) atoms. The molecule has 2 aromatic rings. The molecule has 0 saturated carbocycles. The average molecular weight is 350 g/mol. The van der Waals surface area contributed by atoms with Crippen molar-refractivity contribution in [3.8, 4) is 0 Å². The minimum absolute atomic E-state index is 0.179. The maximum absolute atomic E-state index is 12.5. The standard InChI is InChI=1S/C19H21F3N2O/c1-14(16-5-3-2-4-6-16)11-12-23-18(25)24-13-15-7-9-17(10-8-15)19(20,21)22/h2-10,14H,11-13H2,1H3,(H2,23,24,25). The normalized spacial score (nSPS) is 12.5. The zero-order chi connectivity index (χ0) is 18.3. The Bertz CT molecular complexity index is 669. The lowest BCUT2D eigenvalue weighted by molar-refractivity contribution is -0.137. The number of carbonyl (C=O) groups is 1. The Kier molecular flexibility index (Phi) is 6.44. The first-order valence-electron chi connectivity index (χ1n) is 8.09. The maximum atomic E-state index is 12.5. The van der Waals surface area contributed by atoms with Gasteiger partial charge in [-0.05, 0) is 35.6 Å². The van der Waals surface area contributed by atoms with Crippen LogP contribution in [0.4, 0.5) is 18.0 Å². The van der Waals surface area contributed by atoms with Gasteiger partial charge in [-0.2, -0.15) is 13.2 Å². The highest BCUT2D eigenvalue weighted by Crippen LogP contribution is 2.29. The largest absolute Gasteiger partial charge is 0.416 e. The minimum Gasteiger partial charge on any atom is -0.338 e. The molecule has 1 unspecified atom stereocenters. The summed E-state index contributed by atoms with van der Waals surface area (Å²) < 4.78 is 37.4. The highest BCUT2D eigenvalue weighted by Gasteiger charge is 2.29. The summed E-state index contributed by atoms with van der Waals surface area (Å²) in [7, 11) is 0. The van der Waals surface area contributed by atoms with Gasteiger partial charge < -0.3 is 10.6 Å². The molecule has 0 saturated heterocycles. The Morgan fingerprint density at radius 3 is 2.24 bits per heavy atom. The molecule has 0 aromatic heterocycles. The summed E-state index contributed by atoms with van der Waals surface area (Å²) in [4.78, 5) is 11.8. The zero-order valence-corrected chi connectivity index (χ0v) is 13.9. The van der Waals surface area contributed by atoms with Gasteiger partial charge in [-0.1, -0.05) is 49.4 Å². The molecule has 2 amide bonds. The number of urea groups is 1. The molecule has 3 nitrogen and oxygen atoms in total. The van der Waals surface area contributed by atoms with E-state index in [1.54, 1.807) is 0 Å². The van der Waals surface area contributed by atoms with E-state index in [2.05, 4.69) is 29.7 Å². The van der Waals surface area contributed by atoms with Crippen LogP contribution < -0.4 is 10.6 Å². The number of amides is 2. The smallest absolute Gasteiger partial charge is 0.338 e. The number of rotatable bonds is 6. The predicted molar refractivity (Wildman–Crippen MR) is 91.2 cm³/mol. The van der Waals surface area contributed by atoms with Crippen LogP contribution in [0.15, 0.2) is 54.6 Å². The van der Waals surface area contributed by atoms with Gasteiger partial charge in [0, 0.05) is 13.1 Å². The van der Waals surface area contributed by atoms with Gasteiger partial charge in [-0.15, -0.1) is 0 Å². The summed E-state index contributed by atoms with van der Waals surface area (Å²) in [6.07, 6.45) is -3.55. The number of benzene rings is 2. The molecule has 0 aliphatic rings. The van der Waals surface area contributed by atoms with Crippen molar-refractivity contribution in [2.45, 2.75) is 32.0 Å². The lowest BCUT2D eigenvalue weighted by atomic mass is 9.98. The molecule has 2 aromatic carbocycles. The van der Waals surface area contributed by atoms with E-state index in [4.69, 9.17) is 0 Å². The average Bonchev–Trinajstić information content (AvgIpc) is 2.60. The lowest BCUT2D eigenvalue weighted by Crippen LogP contribution is -2.35. The van der Waals surface area contributed by atoms with E-state index in [9.17, 15) is 18.0 Å². The number of carbonyl (C=O) groups excluding carboxylic acids is 1. The fraction of sp³-hybridized carbons (Fsp3) is 0.316. The van der Waals surface area contributed by atoms with Gasteiger partial charge in [0.15, 0.2) is 0 Å². The van der Waals surface area contributed by atoms with E-state index in [1.165, 1.54) is 17.7 Å². The molecule has 6 heteroatoms. The highest BCUT2D eigenvalue weighted by molar-refractivity contribution is 5.73. The van der Waals surface area contributed by atoms with E-state index in [1.807, 2.05) is 18.2 Å². The summed E-state index contributed by atoms with van der Waals surface area (Å²) in [5.41, 5.74) is 1.13. The Morgan fingerprint density at radius 2 is 1.64 bits per heavy atom. The second kappa shape index (κ2) is 8.55. The number of nitrogens with one attached hydrogen (secondary N) is 2. The van der Waals surface area contributed by atoms with Crippen LogP contribution >= 0.6 is 0 Å². The van der Waals surface area contributed by atoms with Crippen molar-refractivity contribution in [2.75, 3.05) is 6.54 Å². The molecular formula is C19H21F3N2O. The molecular weight excluding hydrogens is 329 g/mol. The van der Waals surface area contributed by atoms with Crippen molar-refractivity contribution in [3.05, 3.63) is 71.3 Å². The number of hydrogen-bond acceptors (Lipinski definition) is 1. The van der Waals surface area contributed by atoms with Crippen LogP contribution in [0.2, 0.25) is 0 Å². The molecule has 0 bridgehead atoms. The highest BCUT2D eigenvalue weighted by atomic mass is 19.4. The fourth-order valence-electron chi connectivity index (χ4n) is 2.41. The van der Waals surface area contributed by atoms with Crippen molar-refractivity contribution < 1.29 is 18.0 Å². The zero-order valence-electron chi connectivity index (χ0n) is 13.9. The fourth-order valence-corrected chi connectivity index (χ4v) is 2.41. The van der Waals surface area contributed by atoms with Gasteiger partial charge in [0.05, 0.1) is 5.56 Å². The Labute approximate surface area is 145 Å². The summed E-state index contributed by atoms with van der Waals surface area (Å²) in [6, 6.07) is 14.4. The summed E-state index contributed by atoms with van der Waals surface area (Å²) in [5.74, 6) is 0.330. The Hall–Kier alpha value is -2.50. The molecule has 134 valence electrons. The van der Waals surface area contributed by atoms with Crippen LogP contribution in [-0.4, -0.2) is 12.6 Å². The van der Waals surface area contributed by atoms with Crippen LogP contribution in [0.3, 0.4) is 0 Å².